The molecule has 0 saturated heterocycles. The summed E-state index contributed by atoms with van der Waals surface area (Å²) in [6.45, 7) is 7.91. The lowest BCUT2D eigenvalue weighted by Gasteiger charge is -2.30. The number of hydrogen-bond acceptors (Lipinski definition) is 4. The average molecular weight is 419 g/mol. The molecule has 158 valence electrons. The monoisotopic (exact) mass is 418 g/mol. The fourth-order valence-corrected chi connectivity index (χ4v) is 4.27. The summed E-state index contributed by atoms with van der Waals surface area (Å²) in [5.41, 5.74) is 2.38. The van der Waals surface area contributed by atoms with E-state index in [2.05, 4.69) is 5.32 Å². The molecule has 29 heavy (non-hydrogen) atoms. The summed E-state index contributed by atoms with van der Waals surface area (Å²) in [6, 6.07) is 13.8. The first-order chi connectivity index (χ1) is 13.6. The van der Waals surface area contributed by atoms with Crippen LogP contribution in [0.4, 0.5) is 5.69 Å². The molecule has 2 aromatic rings. The minimum atomic E-state index is -3.64. The van der Waals surface area contributed by atoms with Crippen LogP contribution < -0.4 is 14.4 Å². The lowest BCUT2D eigenvalue weighted by molar-refractivity contribution is -0.122. The van der Waals surface area contributed by atoms with Crippen LogP contribution >= 0.6 is 0 Å². The van der Waals surface area contributed by atoms with Gasteiger partial charge in [-0.25, -0.2) is 8.42 Å². The maximum absolute atomic E-state index is 12.9. The fraction of sp³-hybridized carbons (Fsp3) is 0.409. The quantitative estimate of drug-likeness (QED) is 0.675. The van der Waals surface area contributed by atoms with E-state index in [1.807, 2.05) is 57.2 Å². The van der Waals surface area contributed by atoms with Gasteiger partial charge in [0.15, 0.2) is 0 Å². The highest BCUT2D eigenvalue weighted by molar-refractivity contribution is 7.92. The highest BCUT2D eigenvalue weighted by Gasteiger charge is 2.31. The molecule has 0 radical (unpaired) electrons. The SMILES string of the molecule is CC[C@H](C(=O)NCc1cccc(OC(C)C)c1)N(c1ccc(C)cc1)S(C)(=O)=O. The fourth-order valence-electron chi connectivity index (χ4n) is 3.06. The van der Waals surface area contributed by atoms with Crippen molar-refractivity contribution in [3.63, 3.8) is 0 Å². The van der Waals surface area contributed by atoms with Crippen LogP contribution in [0.1, 0.15) is 38.3 Å². The number of aryl methyl sites for hydroxylation is 1. The van der Waals surface area contributed by atoms with Gasteiger partial charge in [0.1, 0.15) is 11.8 Å². The van der Waals surface area contributed by atoms with Gasteiger partial charge in [0, 0.05) is 6.54 Å². The van der Waals surface area contributed by atoms with Crippen molar-refractivity contribution in [2.45, 2.75) is 52.8 Å². The smallest absolute Gasteiger partial charge is 0.244 e. The molecule has 0 unspecified atom stereocenters. The highest BCUT2D eigenvalue weighted by Crippen LogP contribution is 2.23. The third kappa shape index (κ3) is 6.49. The van der Waals surface area contributed by atoms with Crippen LogP contribution in [0.3, 0.4) is 0 Å². The van der Waals surface area contributed by atoms with Crippen LogP contribution in [0.2, 0.25) is 0 Å². The second-order valence-electron chi connectivity index (χ2n) is 7.35. The maximum Gasteiger partial charge on any atom is 0.244 e. The third-order valence-electron chi connectivity index (χ3n) is 4.36. The van der Waals surface area contributed by atoms with Gasteiger partial charge in [0.05, 0.1) is 18.0 Å². The molecule has 6 nitrogen and oxygen atoms in total. The summed E-state index contributed by atoms with van der Waals surface area (Å²) in [5, 5.41) is 2.86. The Hall–Kier alpha value is -2.54. The van der Waals surface area contributed by atoms with Crippen LogP contribution in [-0.4, -0.2) is 32.7 Å². The average Bonchev–Trinajstić information content (AvgIpc) is 2.64. The Bertz CT molecular complexity index is 924. The molecule has 0 aliphatic rings. The van der Waals surface area contributed by atoms with Crippen molar-refractivity contribution in [2.24, 2.45) is 0 Å². The van der Waals surface area contributed by atoms with E-state index in [-0.39, 0.29) is 18.6 Å². The molecule has 1 N–H and O–H groups in total. The Kier molecular flexibility index (Phi) is 7.67. The Morgan fingerprint density at radius 1 is 1.14 bits per heavy atom. The first-order valence-electron chi connectivity index (χ1n) is 9.71. The van der Waals surface area contributed by atoms with Crippen molar-refractivity contribution in [1.29, 1.82) is 0 Å². The van der Waals surface area contributed by atoms with E-state index in [0.29, 0.717) is 12.1 Å². The van der Waals surface area contributed by atoms with Crippen molar-refractivity contribution in [3.05, 3.63) is 59.7 Å². The lowest BCUT2D eigenvalue weighted by atomic mass is 10.1. The second-order valence-corrected chi connectivity index (χ2v) is 9.21. The van der Waals surface area contributed by atoms with Crippen LogP contribution in [0.15, 0.2) is 48.5 Å². The molecule has 7 heteroatoms. The zero-order valence-electron chi connectivity index (χ0n) is 17.7. The number of nitrogens with one attached hydrogen (secondary N) is 1. The number of ether oxygens (including phenoxy) is 1. The molecule has 0 aliphatic heterocycles. The number of hydrogen-bond donors (Lipinski definition) is 1. The van der Waals surface area contributed by atoms with E-state index in [1.54, 1.807) is 19.1 Å². The summed E-state index contributed by atoms with van der Waals surface area (Å²) in [5.74, 6) is 0.393. The number of nitrogens with zero attached hydrogens (tertiary/aromatic N) is 1. The molecule has 0 spiro atoms. The van der Waals surface area contributed by atoms with Crippen LogP contribution in [0.25, 0.3) is 0 Å². The Labute approximate surface area is 173 Å². The minimum Gasteiger partial charge on any atom is -0.491 e. The minimum absolute atomic E-state index is 0.0575. The summed E-state index contributed by atoms with van der Waals surface area (Å²) >= 11 is 0. The molecule has 1 amide bonds. The van der Waals surface area contributed by atoms with E-state index in [0.717, 1.165) is 23.1 Å². The van der Waals surface area contributed by atoms with Crippen molar-refractivity contribution >= 4 is 21.6 Å². The zero-order valence-corrected chi connectivity index (χ0v) is 18.5. The molecular weight excluding hydrogens is 388 g/mol. The summed E-state index contributed by atoms with van der Waals surface area (Å²) in [4.78, 5) is 12.9. The standard InChI is InChI=1S/C22H30N2O4S/c1-6-21(24(29(5,26)27)19-12-10-17(4)11-13-19)22(25)23-15-18-8-7-9-20(14-18)28-16(2)3/h7-14,16,21H,6,15H2,1-5H3,(H,23,25)/t21-/m1/s1. The summed E-state index contributed by atoms with van der Waals surface area (Å²) < 4.78 is 31.8. The van der Waals surface area contributed by atoms with Crippen molar-refractivity contribution < 1.29 is 17.9 Å². The number of amides is 1. The second kappa shape index (κ2) is 9.78. The lowest BCUT2D eigenvalue weighted by Crippen LogP contribution is -2.49. The van der Waals surface area contributed by atoms with Gasteiger partial charge in [-0.1, -0.05) is 36.8 Å². The maximum atomic E-state index is 12.9. The molecule has 0 fully saturated rings. The largest absolute Gasteiger partial charge is 0.491 e. The van der Waals surface area contributed by atoms with Gasteiger partial charge < -0.3 is 10.1 Å². The van der Waals surface area contributed by atoms with E-state index < -0.39 is 16.1 Å². The van der Waals surface area contributed by atoms with Crippen molar-refractivity contribution in [1.82, 2.24) is 5.32 Å². The molecule has 1 atom stereocenters. The molecule has 0 heterocycles. The van der Waals surface area contributed by atoms with E-state index in [1.165, 1.54) is 4.31 Å². The molecule has 2 rings (SSSR count). The van der Waals surface area contributed by atoms with Gasteiger partial charge in [-0.15, -0.1) is 0 Å². The van der Waals surface area contributed by atoms with Gasteiger partial charge in [-0.05, 0) is 57.0 Å². The number of anilines is 1. The third-order valence-corrected chi connectivity index (χ3v) is 5.54. The molecule has 0 saturated carbocycles. The zero-order chi connectivity index (χ0) is 21.6. The predicted octanol–water partition coefficient (Wildman–Crippen LogP) is 3.64. The van der Waals surface area contributed by atoms with E-state index >= 15 is 0 Å². The predicted molar refractivity (Wildman–Crippen MR) is 117 cm³/mol. The number of carbonyl (C=O) groups is 1. The van der Waals surface area contributed by atoms with Gasteiger partial charge in [0.2, 0.25) is 15.9 Å². The molecule has 0 aliphatic carbocycles. The summed E-state index contributed by atoms with van der Waals surface area (Å²) in [7, 11) is -3.64. The number of sulfonamides is 1. The molecule has 0 aromatic heterocycles. The van der Waals surface area contributed by atoms with E-state index in [9.17, 15) is 13.2 Å². The normalized spacial score (nSPS) is 12.5. The highest BCUT2D eigenvalue weighted by atomic mass is 32.2. The number of rotatable bonds is 9. The Balaban J connectivity index is 2.18. The number of carbonyl (C=O) groups excluding carboxylic acids is 1. The van der Waals surface area contributed by atoms with Gasteiger partial charge in [-0.3, -0.25) is 9.10 Å². The van der Waals surface area contributed by atoms with Gasteiger partial charge in [0.25, 0.3) is 0 Å². The van der Waals surface area contributed by atoms with Crippen molar-refractivity contribution in [3.8, 4) is 5.75 Å². The summed E-state index contributed by atoms with van der Waals surface area (Å²) in [6.07, 6.45) is 1.53. The number of benzene rings is 2. The first-order valence-corrected chi connectivity index (χ1v) is 11.6. The Morgan fingerprint density at radius 3 is 2.34 bits per heavy atom. The van der Waals surface area contributed by atoms with Crippen LogP contribution in [0.5, 0.6) is 5.75 Å². The van der Waals surface area contributed by atoms with Gasteiger partial charge >= 0.3 is 0 Å². The van der Waals surface area contributed by atoms with Gasteiger partial charge in [-0.2, -0.15) is 0 Å². The van der Waals surface area contributed by atoms with E-state index in [4.69, 9.17) is 4.74 Å². The molecular formula is C22H30N2O4S. The van der Waals surface area contributed by atoms with Crippen LogP contribution in [-0.2, 0) is 21.4 Å². The van der Waals surface area contributed by atoms with Crippen molar-refractivity contribution in [2.75, 3.05) is 10.6 Å². The Morgan fingerprint density at radius 2 is 1.79 bits per heavy atom. The molecule has 0 bridgehead atoms. The first kappa shape index (κ1) is 22.7. The van der Waals surface area contributed by atoms with Crippen LogP contribution in [0, 0.1) is 6.92 Å². The topological polar surface area (TPSA) is 75.7 Å². The molecule has 2 aromatic carbocycles.